The zero-order chi connectivity index (χ0) is 15.3. The Morgan fingerprint density at radius 1 is 1.20 bits per heavy atom. The van der Waals surface area contributed by atoms with Gasteiger partial charge in [-0.25, -0.2) is 8.42 Å². The van der Waals surface area contributed by atoms with Crippen molar-refractivity contribution >= 4 is 15.9 Å². The lowest BCUT2D eigenvalue weighted by atomic mass is 10.2. The van der Waals surface area contributed by atoms with Gasteiger partial charge in [0, 0.05) is 13.1 Å². The van der Waals surface area contributed by atoms with Crippen LogP contribution in [0.3, 0.4) is 0 Å². The highest BCUT2D eigenvalue weighted by atomic mass is 32.2. The molecular weight excluding hydrogens is 276 g/mol. The molecule has 0 aromatic heterocycles. The third-order valence-corrected chi connectivity index (χ3v) is 4.67. The number of rotatable bonds is 6. The second-order valence-corrected chi connectivity index (χ2v) is 6.38. The molecule has 0 saturated heterocycles. The van der Waals surface area contributed by atoms with Crippen LogP contribution in [0.15, 0.2) is 29.2 Å². The number of carbonyl (C=O) groups is 1. The van der Waals surface area contributed by atoms with Gasteiger partial charge in [0.15, 0.2) is 0 Å². The fourth-order valence-corrected chi connectivity index (χ4v) is 3.07. The van der Waals surface area contributed by atoms with Crippen molar-refractivity contribution in [3.8, 4) is 0 Å². The third kappa shape index (κ3) is 4.05. The topological polar surface area (TPSA) is 66.5 Å². The van der Waals surface area contributed by atoms with Crippen molar-refractivity contribution in [2.45, 2.75) is 38.6 Å². The Labute approximate surface area is 121 Å². The monoisotopic (exact) mass is 298 g/mol. The van der Waals surface area contributed by atoms with Crippen molar-refractivity contribution in [2.24, 2.45) is 0 Å². The summed E-state index contributed by atoms with van der Waals surface area (Å²) in [4.78, 5) is 13.8. The van der Waals surface area contributed by atoms with Gasteiger partial charge in [-0.05, 0) is 39.8 Å². The molecule has 0 aliphatic heterocycles. The minimum atomic E-state index is -3.67. The van der Waals surface area contributed by atoms with Crippen molar-refractivity contribution in [3.63, 3.8) is 0 Å². The molecule has 1 rings (SSSR count). The van der Waals surface area contributed by atoms with Crippen molar-refractivity contribution < 1.29 is 13.2 Å². The lowest BCUT2D eigenvalue weighted by Gasteiger charge is -2.23. The molecular formula is C14H22N2O3S. The van der Waals surface area contributed by atoms with Crippen LogP contribution in [-0.2, 0) is 14.8 Å². The van der Waals surface area contributed by atoms with Crippen molar-refractivity contribution in [3.05, 3.63) is 29.8 Å². The zero-order valence-electron chi connectivity index (χ0n) is 12.4. The molecule has 0 heterocycles. The Kier molecular flexibility index (Phi) is 5.71. The van der Waals surface area contributed by atoms with Gasteiger partial charge < -0.3 is 4.90 Å². The first-order chi connectivity index (χ1) is 9.31. The summed E-state index contributed by atoms with van der Waals surface area (Å²) < 4.78 is 26.8. The molecule has 0 radical (unpaired) electrons. The van der Waals surface area contributed by atoms with E-state index in [0.29, 0.717) is 13.1 Å². The Balaban J connectivity index is 2.85. The van der Waals surface area contributed by atoms with Crippen LogP contribution in [-0.4, -0.2) is 38.4 Å². The van der Waals surface area contributed by atoms with E-state index in [9.17, 15) is 13.2 Å². The molecule has 1 aromatic carbocycles. The molecule has 1 aromatic rings. The quantitative estimate of drug-likeness (QED) is 0.866. The van der Waals surface area contributed by atoms with Crippen LogP contribution in [0.25, 0.3) is 0 Å². The molecule has 6 heteroatoms. The van der Waals surface area contributed by atoms with Crippen molar-refractivity contribution in [1.29, 1.82) is 0 Å². The van der Waals surface area contributed by atoms with Crippen molar-refractivity contribution in [2.75, 3.05) is 13.1 Å². The van der Waals surface area contributed by atoms with E-state index in [0.717, 1.165) is 5.56 Å². The summed E-state index contributed by atoms with van der Waals surface area (Å²) in [6, 6.07) is 5.75. The molecule has 0 saturated carbocycles. The predicted octanol–water partition coefficient (Wildman–Crippen LogP) is 1.53. The first kappa shape index (κ1) is 16.7. The van der Waals surface area contributed by atoms with E-state index in [1.807, 2.05) is 20.8 Å². The van der Waals surface area contributed by atoms with E-state index in [-0.39, 0.29) is 10.8 Å². The van der Waals surface area contributed by atoms with Crippen LogP contribution in [0, 0.1) is 6.92 Å². The number of nitrogens with zero attached hydrogens (tertiary/aromatic N) is 1. The average molecular weight is 298 g/mol. The number of benzene rings is 1. The van der Waals surface area contributed by atoms with Gasteiger partial charge in [-0.1, -0.05) is 17.7 Å². The van der Waals surface area contributed by atoms with E-state index in [1.54, 1.807) is 24.0 Å². The summed E-state index contributed by atoms with van der Waals surface area (Å²) in [5.41, 5.74) is 0.983. The fourth-order valence-electron chi connectivity index (χ4n) is 1.88. The van der Waals surface area contributed by atoms with E-state index >= 15 is 0 Å². The number of likely N-dealkylation sites (N-methyl/N-ethyl adjacent to an activating group) is 1. The summed E-state index contributed by atoms with van der Waals surface area (Å²) >= 11 is 0. The van der Waals surface area contributed by atoms with Gasteiger partial charge in [0.2, 0.25) is 15.9 Å². The Morgan fingerprint density at radius 2 is 1.70 bits per heavy atom. The summed E-state index contributed by atoms with van der Waals surface area (Å²) in [5.74, 6) is -0.217. The molecule has 0 unspecified atom stereocenters. The first-order valence-corrected chi connectivity index (χ1v) is 8.18. The molecule has 5 nitrogen and oxygen atoms in total. The summed E-state index contributed by atoms with van der Waals surface area (Å²) in [6.45, 7) is 8.30. The first-order valence-electron chi connectivity index (χ1n) is 6.69. The molecule has 112 valence electrons. The highest BCUT2D eigenvalue weighted by Gasteiger charge is 2.24. The SMILES string of the molecule is CCN(CC)C(=O)[C@H](C)NS(=O)(=O)c1ccc(C)cc1. The van der Waals surface area contributed by atoms with E-state index < -0.39 is 16.1 Å². The van der Waals surface area contributed by atoms with Gasteiger partial charge in [0.1, 0.15) is 0 Å². The van der Waals surface area contributed by atoms with Crippen LogP contribution in [0.1, 0.15) is 26.3 Å². The van der Waals surface area contributed by atoms with Crippen LogP contribution in [0.5, 0.6) is 0 Å². The van der Waals surface area contributed by atoms with Crippen LogP contribution in [0.2, 0.25) is 0 Å². The predicted molar refractivity (Wildman–Crippen MR) is 78.9 cm³/mol. The van der Waals surface area contributed by atoms with Gasteiger partial charge in [-0.2, -0.15) is 4.72 Å². The molecule has 0 aliphatic carbocycles. The Hall–Kier alpha value is -1.40. The van der Waals surface area contributed by atoms with E-state index in [1.165, 1.54) is 12.1 Å². The number of sulfonamides is 1. The largest absolute Gasteiger partial charge is 0.342 e. The number of amides is 1. The molecule has 0 bridgehead atoms. The van der Waals surface area contributed by atoms with E-state index in [4.69, 9.17) is 0 Å². The maximum absolute atomic E-state index is 12.2. The number of hydrogen-bond acceptors (Lipinski definition) is 3. The summed E-state index contributed by atoms with van der Waals surface area (Å²) in [5, 5.41) is 0. The average Bonchev–Trinajstić information content (AvgIpc) is 2.40. The third-order valence-electron chi connectivity index (χ3n) is 3.11. The normalized spacial score (nSPS) is 13.0. The van der Waals surface area contributed by atoms with Gasteiger partial charge in [0.25, 0.3) is 0 Å². The second kappa shape index (κ2) is 6.85. The maximum Gasteiger partial charge on any atom is 0.241 e. The standard InChI is InChI=1S/C14H22N2O3S/c1-5-16(6-2)14(17)12(4)15-20(18,19)13-9-7-11(3)8-10-13/h7-10,12,15H,5-6H2,1-4H3/t12-/m0/s1. The van der Waals surface area contributed by atoms with Gasteiger partial charge in [-0.3, -0.25) is 4.79 Å². The van der Waals surface area contributed by atoms with Crippen molar-refractivity contribution in [1.82, 2.24) is 9.62 Å². The fraction of sp³-hybridized carbons (Fsp3) is 0.500. The smallest absolute Gasteiger partial charge is 0.241 e. The molecule has 0 aliphatic rings. The molecule has 0 spiro atoms. The molecule has 20 heavy (non-hydrogen) atoms. The molecule has 1 N–H and O–H groups in total. The summed E-state index contributed by atoms with van der Waals surface area (Å²) in [6.07, 6.45) is 0. The highest BCUT2D eigenvalue weighted by molar-refractivity contribution is 7.89. The number of aryl methyl sites for hydroxylation is 1. The second-order valence-electron chi connectivity index (χ2n) is 4.67. The minimum Gasteiger partial charge on any atom is -0.342 e. The van der Waals surface area contributed by atoms with Gasteiger partial charge in [-0.15, -0.1) is 0 Å². The van der Waals surface area contributed by atoms with E-state index in [2.05, 4.69) is 4.72 Å². The lowest BCUT2D eigenvalue weighted by Crippen LogP contribution is -2.46. The molecule has 0 fully saturated rings. The molecule has 1 atom stereocenters. The number of nitrogens with one attached hydrogen (secondary N) is 1. The van der Waals surface area contributed by atoms with Crippen LogP contribution < -0.4 is 4.72 Å². The lowest BCUT2D eigenvalue weighted by molar-refractivity contribution is -0.132. The minimum absolute atomic E-state index is 0.169. The highest BCUT2D eigenvalue weighted by Crippen LogP contribution is 2.11. The van der Waals surface area contributed by atoms with Gasteiger partial charge >= 0.3 is 0 Å². The number of hydrogen-bond donors (Lipinski definition) is 1. The molecule has 1 amide bonds. The maximum atomic E-state index is 12.2. The van der Waals surface area contributed by atoms with Gasteiger partial charge in [0.05, 0.1) is 10.9 Å². The Morgan fingerprint density at radius 3 is 2.15 bits per heavy atom. The van der Waals surface area contributed by atoms with Crippen LogP contribution in [0.4, 0.5) is 0 Å². The zero-order valence-corrected chi connectivity index (χ0v) is 13.2. The number of carbonyl (C=O) groups excluding carboxylic acids is 1. The summed E-state index contributed by atoms with van der Waals surface area (Å²) in [7, 11) is -3.67. The van der Waals surface area contributed by atoms with Crippen LogP contribution >= 0.6 is 0 Å². The Bertz CT molecular complexity index is 548.